The van der Waals surface area contributed by atoms with Gasteiger partial charge in [0.1, 0.15) is 5.75 Å². The molecule has 6 heteroatoms. The highest BCUT2D eigenvalue weighted by molar-refractivity contribution is 6.35. The molecule has 0 aliphatic rings. The molecule has 0 spiro atoms. The van der Waals surface area contributed by atoms with Crippen LogP contribution in [0.2, 0.25) is 10.0 Å². The maximum absolute atomic E-state index is 12.3. The summed E-state index contributed by atoms with van der Waals surface area (Å²) in [5, 5.41) is 4.50. The molecule has 116 valence electrons. The van der Waals surface area contributed by atoms with Crippen molar-refractivity contribution in [1.29, 1.82) is 0 Å². The molecular formula is C17H12Cl2N2O2. The number of nitrogens with zero attached hydrogens (tertiary/aromatic N) is 1. The van der Waals surface area contributed by atoms with Crippen molar-refractivity contribution in [2.75, 3.05) is 12.4 Å². The lowest BCUT2D eigenvalue weighted by atomic mass is 10.2. The lowest BCUT2D eigenvalue weighted by Gasteiger charge is -2.08. The summed E-state index contributed by atoms with van der Waals surface area (Å²) in [4.78, 5) is 16.6. The van der Waals surface area contributed by atoms with E-state index < -0.39 is 0 Å². The molecule has 0 aliphatic carbocycles. The molecule has 0 atom stereocenters. The highest BCUT2D eigenvalue weighted by Gasteiger charge is 2.09. The quantitative estimate of drug-likeness (QED) is 0.740. The first kappa shape index (κ1) is 15.6. The number of rotatable bonds is 3. The summed E-state index contributed by atoms with van der Waals surface area (Å²) in [5.74, 6) is 0.430. The van der Waals surface area contributed by atoms with Crippen LogP contribution in [-0.2, 0) is 0 Å². The number of hydrogen-bond donors (Lipinski definition) is 1. The van der Waals surface area contributed by atoms with E-state index in [1.54, 1.807) is 31.5 Å². The monoisotopic (exact) mass is 346 g/mol. The van der Waals surface area contributed by atoms with Gasteiger partial charge in [0, 0.05) is 27.1 Å². The number of halogens is 2. The molecule has 0 fully saturated rings. The Labute approximate surface area is 143 Å². The first-order valence-electron chi connectivity index (χ1n) is 6.76. The van der Waals surface area contributed by atoms with Gasteiger partial charge in [-0.05, 0) is 36.4 Å². The second-order valence-corrected chi connectivity index (χ2v) is 5.77. The molecule has 23 heavy (non-hydrogen) atoms. The second kappa shape index (κ2) is 6.44. The van der Waals surface area contributed by atoms with E-state index >= 15 is 0 Å². The fourth-order valence-corrected chi connectivity index (χ4v) is 2.71. The Hall–Kier alpha value is -2.30. The van der Waals surface area contributed by atoms with Gasteiger partial charge in [0.2, 0.25) is 0 Å². The number of aromatic nitrogens is 1. The topological polar surface area (TPSA) is 51.2 Å². The largest absolute Gasteiger partial charge is 0.497 e. The smallest absolute Gasteiger partial charge is 0.255 e. The molecule has 1 heterocycles. The molecule has 1 amide bonds. The molecule has 0 unspecified atom stereocenters. The van der Waals surface area contributed by atoms with Crippen LogP contribution in [-0.4, -0.2) is 18.0 Å². The van der Waals surface area contributed by atoms with E-state index in [1.165, 1.54) is 0 Å². The van der Waals surface area contributed by atoms with Gasteiger partial charge in [0.15, 0.2) is 0 Å². The number of amides is 1. The number of pyridine rings is 1. The number of benzene rings is 2. The van der Waals surface area contributed by atoms with Crippen LogP contribution in [0, 0.1) is 0 Å². The van der Waals surface area contributed by atoms with Crippen molar-refractivity contribution in [3.63, 3.8) is 0 Å². The summed E-state index contributed by atoms with van der Waals surface area (Å²) >= 11 is 11.8. The summed E-state index contributed by atoms with van der Waals surface area (Å²) in [6.07, 6.45) is 1.59. The summed E-state index contributed by atoms with van der Waals surface area (Å²) in [5.41, 5.74) is 1.76. The van der Waals surface area contributed by atoms with E-state index in [9.17, 15) is 4.79 Å². The summed E-state index contributed by atoms with van der Waals surface area (Å²) in [7, 11) is 1.60. The zero-order chi connectivity index (χ0) is 16.4. The predicted octanol–water partition coefficient (Wildman–Crippen LogP) is 4.80. The van der Waals surface area contributed by atoms with Gasteiger partial charge >= 0.3 is 0 Å². The number of fused-ring (bicyclic) bond motifs is 1. The second-order valence-electron chi connectivity index (χ2n) is 4.89. The fraction of sp³-hybridized carbons (Fsp3) is 0.0588. The van der Waals surface area contributed by atoms with Crippen LogP contribution in [0.4, 0.5) is 5.69 Å². The van der Waals surface area contributed by atoms with Gasteiger partial charge in [-0.15, -0.1) is 0 Å². The summed E-state index contributed by atoms with van der Waals surface area (Å²) < 4.78 is 5.16. The molecule has 4 nitrogen and oxygen atoms in total. The Morgan fingerprint density at radius 2 is 1.83 bits per heavy atom. The third-order valence-electron chi connectivity index (χ3n) is 3.27. The number of carbonyl (C=O) groups is 1. The number of anilines is 1. The van der Waals surface area contributed by atoms with E-state index in [2.05, 4.69) is 10.3 Å². The molecule has 0 bridgehead atoms. The maximum atomic E-state index is 12.3. The van der Waals surface area contributed by atoms with E-state index in [4.69, 9.17) is 27.9 Å². The average Bonchev–Trinajstić information content (AvgIpc) is 2.53. The first-order valence-corrected chi connectivity index (χ1v) is 7.52. The molecule has 3 aromatic rings. The Kier molecular flexibility index (Phi) is 4.37. The molecule has 2 aromatic carbocycles. The molecule has 0 radical (unpaired) electrons. The molecule has 0 saturated carbocycles. The van der Waals surface area contributed by atoms with Crippen molar-refractivity contribution in [3.8, 4) is 5.75 Å². The van der Waals surface area contributed by atoms with Crippen molar-refractivity contribution in [2.24, 2.45) is 0 Å². The van der Waals surface area contributed by atoms with Gasteiger partial charge in [-0.25, -0.2) is 0 Å². The number of ether oxygens (including phenoxy) is 1. The van der Waals surface area contributed by atoms with Gasteiger partial charge in [0.25, 0.3) is 5.91 Å². The molecule has 1 aromatic heterocycles. The summed E-state index contributed by atoms with van der Waals surface area (Å²) in [6, 6.07) is 12.1. The van der Waals surface area contributed by atoms with Crippen molar-refractivity contribution in [2.45, 2.75) is 0 Å². The zero-order valence-electron chi connectivity index (χ0n) is 12.1. The third kappa shape index (κ3) is 3.55. The number of carbonyl (C=O) groups excluding carboxylic acids is 1. The molecule has 0 saturated heterocycles. The van der Waals surface area contributed by atoms with Gasteiger partial charge in [0.05, 0.1) is 24.5 Å². The highest BCUT2D eigenvalue weighted by atomic mass is 35.5. The van der Waals surface area contributed by atoms with Crippen LogP contribution in [0.1, 0.15) is 10.4 Å². The third-order valence-corrected chi connectivity index (χ3v) is 3.71. The molecule has 1 N–H and O–H groups in total. The van der Waals surface area contributed by atoms with Crippen molar-refractivity contribution in [1.82, 2.24) is 4.98 Å². The Bertz CT molecular complexity index is 877. The van der Waals surface area contributed by atoms with Crippen LogP contribution in [0.15, 0.2) is 48.7 Å². The molecular weight excluding hydrogens is 335 g/mol. The number of nitrogens with one attached hydrogen (secondary N) is 1. The minimum atomic E-state index is -0.302. The number of methoxy groups -OCH3 is 1. The predicted molar refractivity (Wildman–Crippen MR) is 92.7 cm³/mol. The van der Waals surface area contributed by atoms with Crippen LogP contribution < -0.4 is 10.1 Å². The van der Waals surface area contributed by atoms with Crippen LogP contribution >= 0.6 is 23.2 Å². The zero-order valence-corrected chi connectivity index (χ0v) is 13.7. The average molecular weight is 347 g/mol. The fourth-order valence-electron chi connectivity index (χ4n) is 2.18. The van der Waals surface area contributed by atoms with Crippen LogP contribution in [0.3, 0.4) is 0 Å². The van der Waals surface area contributed by atoms with Gasteiger partial charge in [-0.1, -0.05) is 23.2 Å². The minimum Gasteiger partial charge on any atom is -0.497 e. The molecule has 0 aliphatic heterocycles. The highest BCUT2D eigenvalue weighted by Crippen LogP contribution is 2.23. The Morgan fingerprint density at radius 3 is 2.52 bits per heavy atom. The normalized spacial score (nSPS) is 10.6. The van der Waals surface area contributed by atoms with Gasteiger partial charge in [-0.3, -0.25) is 9.78 Å². The van der Waals surface area contributed by atoms with Crippen LogP contribution in [0.25, 0.3) is 10.9 Å². The minimum absolute atomic E-state index is 0.302. The standard InChI is InChI=1S/C17H12Cl2N2O2/c1-23-15-3-2-10-6-14(9-20-16(10)8-15)21-17(22)11-4-12(18)7-13(19)5-11/h2-9H,1H3,(H,21,22). The van der Waals surface area contributed by atoms with Gasteiger partial charge < -0.3 is 10.1 Å². The lowest BCUT2D eigenvalue weighted by Crippen LogP contribution is -2.12. The van der Waals surface area contributed by atoms with Crippen LogP contribution in [0.5, 0.6) is 5.75 Å². The Morgan fingerprint density at radius 1 is 1.09 bits per heavy atom. The van der Waals surface area contributed by atoms with Crippen molar-refractivity contribution >= 4 is 45.7 Å². The lowest BCUT2D eigenvalue weighted by molar-refractivity contribution is 0.102. The van der Waals surface area contributed by atoms with E-state index in [0.29, 0.717) is 21.3 Å². The SMILES string of the molecule is COc1ccc2cc(NC(=O)c3cc(Cl)cc(Cl)c3)cnc2c1. The maximum Gasteiger partial charge on any atom is 0.255 e. The Balaban J connectivity index is 1.87. The van der Waals surface area contributed by atoms with Gasteiger partial charge in [-0.2, -0.15) is 0 Å². The molecule has 3 rings (SSSR count). The van der Waals surface area contributed by atoms with E-state index in [0.717, 1.165) is 16.7 Å². The van der Waals surface area contributed by atoms with Crippen molar-refractivity contribution in [3.05, 3.63) is 64.3 Å². The summed E-state index contributed by atoms with van der Waals surface area (Å²) in [6.45, 7) is 0. The first-order chi connectivity index (χ1) is 11.0. The van der Waals surface area contributed by atoms with E-state index in [1.807, 2.05) is 24.3 Å². The number of hydrogen-bond acceptors (Lipinski definition) is 3. The van der Waals surface area contributed by atoms with E-state index in [-0.39, 0.29) is 5.91 Å². The van der Waals surface area contributed by atoms with Crippen molar-refractivity contribution < 1.29 is 9.53 Å².